The topological polar surface area (TPSA) is 37.8 Å². The molecule has 1 aromatic heterocycles. The summed E-state index contributed by atoms with van der Waals surface area (Å²) in [7, 11) is 0. The summed E-state index contributed by atoms with van der Waals surface area (Å²) in [5.74, 6) is -2.40. The maximum Gasteiger partial charge on any atom is 0.264 e. The highest BCUT2D eigenvalue weighted by Crippen LogP contribution is 2.20. The minimum absolute atomic E-state index is 0.374. The molecule has 0 saturated carbocycles. The molecule has 0 spiro atoms. The van der Waals surface area contributed by atoms with Gasteiger partial charge in [-0.1, -0.05) is 0 Å². The van der Waals surface area contributed by atoms with E-state index >= 15 is 0 Å². The fraction of sp³-hybridized carbons (Fsp3) is 0.556. The zero-order chi connectivity index (χ0) is 10.8. The Labute approximate surface area is 81.5 Å². The Hall–Kier alpha value is -1.26. The predicted molar refractivity (Wildman–Crippen MR) is 50.5 cm³/mol. The van der Waals surface area contributed by atoms with E-state index in [0.717, 1.165) is 12.5 Å². The highest BCUT2D eigenvalue weighted by Gasteiger charge is 2.30. The summed E-state index contributed by atoms with van der Waals surface area (Å²) in [5, 5.41) is 9.96. The molecule has 0 saturated heterocycles. The molecule has 5 heteroatoms. The predicted octanol–water partition coefficient (Wildman–Crippen LogP) is 2.24. The number of anilines is 1. The summed E-state index contributed by atoms with van der Waals surface area (Å²) >= 11 is 0. The van der Waals surface area contributed by atoms with E-state index in [9.17, 15) is 8.78 Å². The van der Waals surface area contributed by atoms with Crippen molar-refractivity contribution in [1.82, 2.24) is 10.2 Å². The van der Waals surface area contributed by atoms with Gasteiger partial charge in [-0.3, -0.25) is 0 Å². The Bertz CT molecular complexity index is 309. The summed E-state index contributed by atoms with van der Waals surface area (Å²) in [6, 6.07) is 0.716. The second kappa shape index (κ2) is 3.86. The lowest BCUT2D eigenvalue weighted by Crippen LogP contribution is -2.34. The van der Waals surface area contributed by atoms with E-state index in [0.29, 0.717) is 5.82 Å². The molecule has 0 aliphatic carbocycles. The van der Waals surface area contributed by atoms with E-state index in [4.69, 9.17) is 0 Å². The third kappa shape index (κ3) is 2.90. The maximum atomic E-state index is 12.8. The lowest BCUT2D eigenvalue weighted by Gasteiger charge is -2.20. The van der Waals surface area contributed by atoms with Gasteiger partial charge in [0, 0.05) is 6.92 Å². The van der Waals surface area contributed by atoms with Crippen LogP contribution in [0.25, 0.3) is 0 Å². The molecule has 0 amide bonds. The van der Waals surface area contributed by atoms with Crippen molar-refractivity contribution in [2.24, 2.45) is 0 Å². The number of nitrogens with zero attached hydrogens (tertiary/aromatic N) is 2. The molecule has 0 bridgehead atoms. The first-order chi connectivity index (χ1) is 6.39. The van der Waals surface area contributed by atoms with Crippen LogP contribution >= 0.6 is 0 Å². The normalized spacial score (nSPS) is 13.8. The third-order valence-electron chi connectivity index (χ3n) is 1.92. The van der Waals surface area contributed by atoms with E-state index in [1.165, 1.54) is 6.92 Å². The average Bonchev–Trinajstić information content (AvgIpc) is 2.02. The lowest BCUT2D eigenvalue weighted by atomic mass is 10.2. The van der Waals surface area contributed by atoms with Crippen LogP contribution in [0.5, 0.6) is 0 Å². The van der Waals surface area contributed by atoms with Gasteiger partial charge >= 0.3 is 0 Å². The van der Waals surface area contributed by atoms with E-state index in [-0.39, 0.29) is 0 Å². The van der Waals surface area contributed by atoms with Crippen molar-refractivity contribution in [2.75, 3.05) is 5.32 Å². The second-order valence-corrected chi connectivity index (χ2v) is 3.44. The van der Waals surface area contributed by atoms with Crippen molar-refractivity contribution in [3.8, 4) is 0 Å². The number of alkyl halides is 2. The highest BCUT2D eigenvalue weighted by molar-refractivity contribution is 5.36. The molecular weight excluding hydrogens is 188 g/mol. The van der Waals surface area contributed by atoms with Gasteiger partial charge in [0.1, 0.15) is 5.82 Å². The molecule has 0 aliphatic rings. The summed E-state index contributed by atoms with van der Waals surface area (Å²) in [6.07, 6.45) is 1.57. The summed E-state index contributed by atoms with van der Waals surface area (Å²) in [4.78, 5) is 0. The zero-order valence-electron chi connectivity index (χ0n) is 8.38. The quantitative estimate of drug-likeness (QED) is 0.815. The van der Waals surface area contributed by atoms with Crippen molar-refractivity contribution < 1.29 is 8.78 Å². The number of aryl methyl sites for hydroxylation is 1. The Balaban J connectivity index is 2.70. The van der Waals surface area contributed by atoms with Crippen molar-refractivity contribution in [2.45, 2.75) is 32.7 Å². The van der Waals surface area contributed by atoms with Crippen LogP contribution in [0.4, 0.5) is 14.6 Å². The molecular formula is C9H13F2N3. The molecule has 0 radical (unpaired) electrons. The Morgan fingerprint density at radius 3 is 2.64 bits per heavy atom. The maximum absolute atomic E-state index is 12.8. The summed E-state index contributed by atoms with van der Waals surface area (Å²) in [6.45, 7) is 4.10. The number of aromatic nitrogens is 2. The fourth-order valence-corrected chi connectivity index (χ4v) is 0.883. The SMILES string of the molecule is Cc1cnnc(NC(C)C(C)(F)F)c1. The van der Waals surface area contributed by atoms with Gasteiger partial charge in [-0.2, -0.15) is 5.10 Å². The fourth-order valence-electron chi connectivity index (χ4n) is 0.883. The minimum atomic E-state index is -2.77. The zero-order valence-corrected chi connectivity index (χ0v) is 8.38. The Kier molecular flexibility index (Phi) is 2.98. The van der Waals surface area contributed by atoms with E-state index in [1.54, 1.807) is 12.3 Å². The molecule has 1 atom stereocenters. The van der Waals surface area contributed by atoms with Gasteiger partial charge in [0.15, 0.2) is 0 Å². The van der Waals surface area contributed by atoms with Crippen LogP contribution in [0.15, 0.2) is 12.3 Å². The first-order valence-corrected chi connectivity index (χ1v) is 4.33. The first-order valence-electron chi connectivity index (χ1n) is 4.33. The first kappa shape index (κ1) is 10.8. The smallest absolute Gasteiger partial charge is 0.264 e. The monoisotopic (exact) mass is 201 g/mol. The molecule has 1 aromatic rings. The molecule has 1 heterocycles. The van der Waals surface area contributed by atoms with Gasteiger partial charge in [0.25, 0.3) is 5.92 Å². The van der Waals surface area contributed by atoms with Crippen molar-refractivity contribution in [3.63, 3.8) is 0 Å². The van der Waals surface area contributed by atoms with Gasteiger partial charge in [-0.25, -0.2) is 8.78 Å². The number of rotatable bonds is 3. The molecule has 14 heavy (non-hydrogen) atoms. The molecule has 78 valence electrons. The van der Waals surface area contributed by atoms with Crippen molar-refractivity contribution >= 4 is 5.82 Å². The van der Waals surface area contributed by atoms with Gasteiger partial charge in [0.05, 0.1) is 12.2 Å². The minimum Gasteiger partial charge on any atom is -0.360 e. The van der Waals surface area contributed by atoms with Gasteiger partial charge in [-0.05, 0) is 25.5 Å². The average molecular weight is 201 g/mol. The molecule has 0 fully saturated rings. The number of hydrogen-bond donors (Lipinski definition) is 1. The molecule has 0 aliphatic heterocycles. The van der Waals surface area contributed by atoms with Crippen LogP contribution in [-0.2, 0) is 0 Å². The Morgan fingerprint density at radius 2 is 2.14 bits per heavy atom. The number of nitrogens with one attached hydrogen (secondary N) is 1. The van der Waals surface area contributed by atoms with Crippen LogP contribution in [-0.4, -0.2) is 22.2 Å². The van der Waals surface area contributed by atoms with Crippen LogP contribution < -0.4 is 5.32 Å². The third-order valence-corrected chi connectivity index (χ3v) is 1.92. The lowest BCUT2D eigenvalue weighted by molar-refractivity contribution is 0.00686. The van der Waals surface area contributed by atoms with Crippen LogP contribution in [0.3, 0.4) is 0 Å². The van der Waals surface area contributed by atoms with Crippen LogP contribution in [0.2, 0.25) is 0 Å². The van der Waals surface area contributed by atoms with E-state index in [2.05, 4.69) is 15.5 Å². The number of hydrogen-bond acceptors (Lipinski definition) is 3. The molecule has 1 N–H and O–H groups in total. The second-order valence-electron chi connectivity index (χ2n) is 3.44. The van der Waals surface area contributed by atoms with Crippen molar-refractivity contribution in [3.05, 3.63) is 17.8 Å². The van der Waals surface area contributed by atoms with Crippen LogP contribution in [0, 0.1) is 6.92 Å². The molecule has 3 nitrogen and oxygen atoms in total. The summed E-state index contributed by atoms with van der Waals surface area (Å²) in [5.41, 5.74) is 0.883. The summed E-state index contributed by atoms with van der Waals surface area (Å²) < 4.78 is 25.6. The largest absolute Gasteiger partial charge is 0.360 e. The standard InChI is InChI=1S/C9H13F2N3/c1-6-4-8(14-12-5-6)13-7(2)9(3,10)11/h4-5,7H,1-3H3,(H,13,14). The van der Waals surface area contributed by atoms with Gasteiger partial charge in [-0.15, -0.1) is 5.10 Å². The highest BCUT2D eigenvalue weighted by atomic mass is 19.3. The molecule has 0 aromatic carbocycles. The van der Waals surface area contributed by atoms with Crippen LogP contribution in [0.1, 0.15) is 19.4 Å². The van der Waals surface area contributed by atoms with E-state index in [1.807, 2.05) is 6.92 Å². The van der Waals surface area contributed by atoms with Crippen molar-refractivity contribution in [1.29, 1.82) is 0 Å². The molecule has 1 rings (SSSR count). The number of halogens is 2. The van der Waals surface area contributed by atoms with Gasteiger partial charge < -0.3 is 5.32 Å². The molecule has 1 unspecified atom stereocenters. The Morgan fingerprint density at radius 1 is 1.50 bits per heavy atom. The van der Waals surface area contributed by atoms with Gasteiger partial charge in [0.2, 0.25) is 0 Å². The van der Waals surface area contributed by atoms with E-state index < -0.39 is 12.0 Å².